The molecule has 0 aromatic carbocycles. The standard InChI is InChI=1S/C15H23N3O2/c1-12(2)20-14-13(16-7-8-17-14)18-9-10-19-15(11-18)5-3-4-6-15/h7-8,12H,3-6,9-11H2,1-2H3. The first-order chi connectivity index (χ1) is 9.69. The minimum Gasteiger partial charge on any atom is -0.472 e. The molecule has 0 atom stereocenters. The van der Waals surface area contributed by atoms with Crippen LogP contribution in [-0.2, 0) is 4.74 Å². The molecule has 0 bridgehead atoms. The quantitative estimate of drug-likeness (QED) is 0.849. The van der Waals surface area contributed by atoms with E-state index in [2.05, 4.69) is 14.9 Å². The number of nitrogens with zero attached hydrogens (tertiary/aromatic N) is 3. The zero-order valence-corrected chi connectivity index (χ0v) is 12.3. The third kappa shape index (κ3) is 2.73. The van der Waals surface area contributed by atoms with Gasteiger partial charge in [-0.15, -0.1) is 0 Å². The second-order valence-corrected chi connectivity index (χ2v) is 6.01. The molecule has 2 fully saturated rings. The summed E-state index contributed by atoms with van der Waals surface area (Å²) in [5.41, 5.74) is 0.0326. The molecule has 1 saturated heterocycles. The van der Waals surface area contributed by atoms with Gasteiger partial charge in [0, 0.05) is 25.5 Å². The van der Waals surface area contributed by atoms with Crippen molar-refractivity contribution in [3.8, 4) is 5.88 Å². The zero-order valence-electron chi connectivity index (χ0n) is 12.3. The van der Waals surface area contributed by atoms with E-state index in [1.807, 2.05) is 13.8 Å². The Kier molecular flexibility index (Phi) is 3.78. The van der Waals surface area contributed by atoms with Crippen LogP contribution in [0.3, 0.4) is 0 Å². The maximum Gasteiger partial charge on any atom is 0.257 e. The van der Waals surface area contributed by atoms with E-state index < -0.39 is 0 Å². The van der Waals surface area contributed by atoms with Gasteiger partial charge >= 0.3 is 0 Å². The molecule has 1 spiro atoms. The van der Waals surface area contributed by atoms with Gasteiger partial charge in [-0.05, 0) is 26.7 Å². The van der Waals surface area contributed by atoms with Crippen LogP contribution in [0, 0.1) is 0 Å². The predicted octanol–water partition coefficient (Wildman–Crippen LogP) is 2.41. The van der Waals surface area contributed by atoms with Gasteiger partial charge in [-0.2, -0.15) is 0 Å². The van der Waals surface area contributed by atoms with Gasteiger partial charge in [0.2, 0.25) is 0 Å². The molecule has 0 unspecified atom stereocenters. The molecule has 0 amide bonds. The number of hydrogen-bond donors (Lipinski definition) is 0. The van der Waals surface area contributed by atoms with Crippen molar-refractivity contribution in [1.29, 1.82) is 0 Å². The first kappa shape index (κ1) is 13.6. The highest BCUT2D eigenvalue weighted by Crippen LogP contribution is 2.38. The Hall–Kier alpha value is -1.36. The van der Waals surface area contributed by atoms with Crippen molar-refractivity contribution in [2.24, 2.45) is 0 Å². The summed E-state index contributed by atoms with van der Waals surface area (Å²) < 4.78 is 11.9. The van der Waals surface area contributed by atoms with Crippen LogP contribution in [0.5, 0.6) is 5.88 Å². The van der Waals surface area contributed by atoms with E-state index in [1.54, 1.807) is 12.4 Å². The molecule has 3 rings (SSSR count). The molecule has 0 N–H and O–H groups in total. The first-order valence-corrected chi connectivity index (χ1v) is 7.55. The van der Waals surface area contributed by atoms with Crippen molar-refractivity contribution in [1.82, 2.24) is 9.97 Å². The Morgan fingerprint density at radius 2 is 2.00 bits per heavy atom. The van der Waals surface area contributed by atoms with E-state index in [0.717, 1.165) is 38.4 Å². The zero-order chi connectivity index (χ0) is 14.0. The van der Waals surface area contributed by atoms with Gasteiger partial charge in [-0.1, -0.05) is 12.8 Å². The fourth-order valence-corrected chi connectivity index (χ4v) is 3.19. The lowest BCUT2D eigenvalue weighted by Crippen LogP contribution is -2.50. The Bertz CT molecular complexity index is 458. The Morgan fingerprint density at radius 3 is 2.75 bits per heavy atom. The molecular formula is C15H23N3O2. The lowest BCUT2D eigenvalue weighted by molar-refractivity contribution is -0.0504. The van der Waals surface area contributed by atoms with Crippen LogP contribution >= 0.6 is 0 Å². The van der Waals surface area contributed by atoms with Gasteiger partial charge in [-0.3, -0.25) is 0 Å². The fourth-order valence-electron chi connectivity index (χ4n) is 3.19. The van der Waals surface area contributed by atoms with Gasteiger partial charge in [0.1, 0.15) is 0 Å². The second-order valence-electron chi connectivity index (χ2n) is 6.01. The molecule has 20 heavy (non-hydrogen) atoms. The Labute approximate surface area is 120 Å². The molecule has 1 saturated carbocycles. The van der Waals surface area contributed by atoms with Gasteiger partial charge < -0.3 is 14.4 Å². The summed E-state index contributed by atoms with van der Waals surface area (Å²) in [7, 11) is 0. The summed E-state index contributed by atoms with van der Waals surface area (Å²) in [6.07, 6.45) is 8.38. The Balaban J connectivity index is 1.81. The number of aromatic nitrogens is 2. The summed E-state index contributed by atoms with van der Waals surface area (Å²) in [5, 5.41) is 0. The van der Waals surface area contributed by atoms with E-state index >= 15 is 0 Å². The molecule has 1 aliphatic heterocycles. The molecule has 1 aliphatic carbocycles. The molecule has 5 heteroatoms. The van der Waals surface area contributed by atoms with E-state index in [1.165, 1.54) is 12.8 Å². The van der Waals surface area contributed by atoms with Crippen molar-refractivity contribution in [3.05, 3.63) is 12.4 Å². The maximum atomic E-state index is 6.07. The van der Waals surface area contributed by atoms with Crippen LogP contribution < -0.4 is 9.64 Å². The fraction of sp³-hybridized carbons (Fsp3) is 0.733. The molecule has 5 nitrogen and oxygen atoms in total. The number of morpholine rings is 1. The average molecular weight is 277 g/mol. The average Bonchev–Trinajstić information content (AvgIpc) is 2.87. The molecule has 1 aromatic heterocycles. The molecular weight excluding hydrogens is 254 g/mol. The van der Waals surface area contributed by atoms with Gasteiger partial charge in [0.15, 0.2) is 5.82 Å². The van der Waals surface area contributed by atoms with Crippen molar-refractivity contribution >= 4 is 5.82 Å². The lowest BCUT2D eigenvalue weighted by Gasteiger charge is -2.41. The minimum absolute atomic E-state index is 0.0326. The molecule has 2 heterocycles. The Morgan fingerprint density at radius 1 is 1.25 bits per heavy atom. The third-order valence-corrected chi connectivity index (χ3v) is 4.06. The SMILES string of the molecule is CC(C)Oc1nccnc1N1CCOC2(CCCC2)C1. The predicted molar refractivity (Wildman–Crippen MR) is 77.2 cm³/mol. The summed E-state index contributed by atoms with van der Waals surface area (Å²) in [5.74, 6) is 1.49. The summed E-state index contributed by atoms with van der Waals surface area (Å²) in [4.78, 5) is 11.1. The highest BCUT2D eigenvalue weighted by atomic mass is 16.5. The minimum atomic E-state index is 0.0326. The van der Waals surface area contributed by atoms with Crippen molar-refractivity contribution < 1.29 is 9.47 Å². The van der Waals surface area contributed by atoms with Crippen LogP contribution in [0.25, 0.3) is 0 Å². The first-order valence-electron chi connectivity index (χ1n) is 7.55. The smallest absolute Gasteiger partial charge is 0.257 e. The maximum absolute atomic E-state index is 6.07. The van der Waals surface area contributed by atoms with Crippen molar-refractivity contribution in [2.45, 2.75) is 51.2 Å². The number of rotatable bonds is 3. The number of hydrogen-bond acceptors (Lipinski definition) is 5. The van der Waals surface area contributed by atoms with E-state index in [-0.39, 0.29) is 11.7 Å². The van der Waals surface area contributed by atoms with Crippen LogP contribution in [0.4, 0.5) is 5.82 Å². The molecule has 1 aromatic rings. The van der Waals surface area contributed by atoms with Crippen LogP contribution in [0.15, 0.2) is 12.4 Å². The molecule has 0 radical (unpaired) electrons. The topological polar surface area (TPSA) is 47.5 Å². The monoisotopic (exact) mass is 277 g/mol. The van der Waals surface area contributed by atoms with Crippen molar-refractivity contribution in [3.63, 3.8) is 0 Å². The van der Waals surface area contributed by atoms with E-state index in [4.69, 9.17) is 9.47 Å². The number of anilines is 1. The summed E-state index contributed by atoms with van der Waals surface area (Å²) in [6, 6.07) is 0. The summed E-state index contributed by atoms with van der Waals surface area (Å²) in [6.45, 7) is 6.54. The highest BCUT2D eigenvalue weighted by Gasteiger charge is 2.40. The van der Waals surface area contributed by atoms with Gasteiger partial charge in [0.05, 0.1) is 18.3 Å². The lowest BCUT2D eigenvalue weighted by atomic mass is 10.00. The van der Waals surface area contributed by atoms with Crippen LogP contribution in [0.1, 0.15) is 39.5 Å². The van der Waals surface area contributed by atoms with E-state index in [9.17, 15) is 0 Å². The summed E-state index contributed by atoms with van der Waals surface area (Å²) >= 11 is 0. The highest BCUT2D eigenvalue weighted by molar-refractivity contribution is 5.48. The van der Waals surface area contributed by atoms with E-state index in [0.29, 0.717) is 5.88 Å². The van der Waals surface area contributed by atoms with Gasteiger partial charge in [0.25, 0.3) is 5.88 Å². The van der Waals surface area contributed by atoms with Crippen LogP contribution in [-0.4, -0.2) is 41.4 Å². The molecule has 110 valence electrons. The third-order valence-electron chi connectivity index (χ3n) is 4.06. The number of ether oxygens (including phenoxy) is 2. The largest absolute Gasteiger partial charge is 0.472 e. The van der Waals surface area contributed by atoms with Crippen molar-refractivity contribution in [2.75, 3.05) is 24.6 Å². The molecule has 2 aliphatic rings. The van der Waals surface area contributed by atoms with Gasteiger partial charge in [-0.25, -0.2) is 9.97 Å². The second kappa shape index (κ2) is 5.56. The normalized spacial score (nSPS) is 21.6. The van der Waals surface area contributed by atoms with Crippen LogP contribution in [0.2, 0.25) is 0 Å².